The number of carbonyl (C=O) groups is 1. The van der Waals surface area contributed by atoms with E-state index >= 15 is 0 Å². The van der Waals surface area contributed by atoms with Crippen LogP contribution in [0.3, 0.4) is 0 Å². The van der Waals surface area contributed by atoms with E-state index in [2.05, 4.69) is 49.4 Å². The lowest BCUT2D eigenvalue weighted by atomic mass is 10.0. The summed E-state index contributed by atoms with van der Waals surface area (Å²) in [6.45, 7) is 13.1. The third-order valence-electron chi connectivity index (χ3n) is 4.92. The van der Waals surface area contributed by atoms with Gasteiger partial charge in [-0.05, 0) is 63.1 Å². The highest BCUT2D eigenvalue weighted by Crippen LogP contribution is 2.30. The van der Waals surface area contributed by atoms with Crippen molar-refractivity contribution in [3.05, 3.63) is 71.9 Å². The molecule has 0 aliphatic carbocycles. The number of ether oxygens (including phenoxy) is 2. The van der Waals surface area contributed by atoms with Gasteiger partial charge in [0, 0.05) is 28.7 Å². The molecule has 4 nitrogen and oxygen atoms in total. The average molecular weight is 426 g/mol. The minimum atomic E-state index is -0.246. The third-order valence-corrected chi connectivity index (χ3v) is 4.92. The normalized spacial score (nSPS) is 10.5. The van der Waals surface area contributed by atoms with Gasteiger partial charge in [-0.3, -0.25) is 9.18 Å². The molecule has 0 spiro atoms. The first-order valence-corrected chi connectivity index (χ1v) is 10.4. The molecule has 166 valence electrons. The van der Waals surface area contributed by atoms with Gasteiger partial charge in [-0.1, -0.05) is 30.4 Å². The number of esters is 1. The lowest BCUT2D eigenvalue weighted by Crippen LogP contribution is -2.09. The van der Waals surface area contributed by atoms with Crippen molar-refractivity contribution in [3.8, 4) is 5.75 Å². The van der Waals surface area contributed by atoms with Crippen LogP contribution >= 0.6 is 0 Å². The van der Waals surface area contributed by atoms with Gasteiger partial charge < -0.3 is 14.0 Å². The lowest BCUT2D eigenvalue weighted by Gasteiger charge is -2.15. The van der Waals surface area contributed by atoms with E-state index in [0.29, 0.717) is 32.2 Å². The Bertz CT molecular complexity index is 1040. The van der Waals surface area contributed by atoms with Crippen molar-refractivity contribution in [3.63, 3.8) is 0 Å². The summed E-state index contributed by atoms with van der Waals surface area (Å²) in [6, 6.07) is 14.4. The molecule has 5 heteroatoms. The van der Waals surface area contributed by atoms with Crippen molar-refractivity contribution >= 4 is 22.4 Å². The first kappa shape index (κ1) is 24.2. The second kappa shape index (κ2) is 11.3. The third kappa shape index (κ3) is 5.97. The highest BCUT2D eigenvalue weighted by atomic mass is 19.1. The second-order valence-corrected chi connectivity index (χ2v) is 7.55. The van der Waals surface area contributed by atoms with E-state index in [1.807, 2.05) is 38.1 Å². The van der Waals surface area contributed by atoms with Gasteiger partial charge in [-0.25, -0.2) is 0 Å². The van der Waals surface area contributed by atoms with Crippen LogP contribution in [0.15, 0.2) is 55.2 Å². The van der Waals surface area contributed by atoms with E-state index in [9.17, 15) is 9.18 Å². The Balaban J connectivity index is 0.00000166. The van der Waals surface area contributed by atoms with E-state index in [0.717, 1.165) is 22.3 Å². The molecule has 1 aromatic heterocycles. The number of rotatable bonds is 8. The number of alkyl halides is 1. The number of nitrogens with zero attached hydrogens (tertiary/aromatic N) is 1. The predicted octanol–water partition coefficient (Wildman–Crippen LogP) is 6.53. The molecule has 31 heavy (non-hydrogen) atoms. The minimum Gasteiger partial charge on any atom is -0.489 e. The maximum absolute atomic E-state index is 11.9. The standard InChI is InChI=1S/C25H29NO3.CH3F/c1-6-28-25(27)15-20-9-7-8-10-24(20)29-16-19-13-22(17(2)3)21-11-12-26(18(4)5)23(21)14-19;1-2/h7-14,18H,2,6,15-16H2,1,3-5H3;1H3. The van der Waals surface area contributed by atoms with E-state index in [-0.39, 0.29) is 12.4 Å². The molecule has 0 saturated carbocycles. The topological polar surface area (TPSA) is 40.5 Å². The van der Waals surface area contributed by atoms with Crippen LogP contribution in [0.4, 0.5) is 4.39 Å². The number of fused-ring (bicyclic) bond motifs is 1. The zero-order chi connectivity index (χ0) is 23.0. The smallest absolute Gasteiger partial charge is 0.310 e. The lowest BCUT2D eigenvalue weighted by molar-refractivity contribution is -0.142. The summed E-state index contributed by atoms with van der Waals surface area (Å²) >= 11 is 0. The van der Waals surface area contributed by atoms with Crippen molar-refractivity contribution in [1.82, 2.24) is 4.57 Å². The zero-order valence-corrected chi connectivity index (χ0v) is 19.1. The molecule has 0 bridgehead atoms. The summed E-state index contributed by atoms with van der Waals surface area (Å²) in [7, 11) is 0.500. The average Bonchev–Trinajstić information content (AvgIpc) is 3.18. The second-order valence-electron chi connectivity index (χ2n) is 7.55. The van der Waals surface area contributed by atoms with E-state index in [1.54, 1.807) is 0 Å². The SMILES string of the molecule is C=C(C)c1cc(COc2ccccc2CC(=O)OCC)cc2c1ccn2C(C)C.CF. The summed E-state index contributed by atoms with van der Waals surface area (Å²) in [6.07, 6.45) is 2.33. The van der Waals surface area contributed by atoms with Crippen LogP contribution in [0, 0.1) is 0 Å². The van der Waals surface area contributed by atoms with Crippen LogP contribution in [0.1, 0.15) is 50.4 Å². The number of benzene rings is 2. The van der Waals surface area contributed by atoms with Crippen molar-refractivity contribution in [2.24, 2.45) is 0 Å². The molecule has 1 heterocycles. The first-order chi connectivity index (χ1) is 14.9. The molecule has 3 aromatic rings. The van der Waals surface area contributed by atoms with Gasteiger partial charge in [-0.2, -0.15) is 0 Å². The molecule has 0 saturated heterocycles. The predicted molar refractivity (Wildman–Crippen MR) is 125 cm³/mol. The van der Waals surface area contributed by atoms with E-state index in [1.165, 1.54) is 10.9 Å². The summed E-state index contributed by atoms with van der Waals surface area (Å²) < 4.78 is 23.0. The molecule has 0 N–H and O–H groups in total. The number of para-hydroxylation sites is 1. The molecule has 0 aliphatic heterocycles. The Morgan fingerprint density at radius 3 is 2.52 bits per heavy atom. The molecular formula is C26H32FNO3. The maximum Gasteiger partial charge on any atom is 0.310 e. The van der Waals surface area contributed by atoms with E-state index in [4.69, 9.17) is 9.47 Å². The fraction of sp³-hybridized carbons (Fsp3) is 0.346. The van der Waals surface area contributed by atoms with Gasteiger partial charge in [0.05, 0.1) is 20.2 Å². The van der Waals surface area contributed by atoms with Crippen LogP contribution in [0.25, 0.3) is 16.5 Å². The number of halogens is 1. The van der Waals surface area contributed by atoms with E-state index < -0.39 is 0 Å². The molecule has 0 fully saturated rings. The van der Waals surface area contributed by atoms with Gasteiger partial charge in [0.2, 0.25) is 0 Å². The number of carbonyl (C=O) groups excluding carboxylic acids is 1. The summed E-state index contributed by atoms with van der Waals surface area (Å²) in [5.74, 6) is 0.459. The van der Waals surface area contributed by atoms with Crippen LogP contribution in [0.2, 0.25) is 0 Å². The highest BCUT2D eigenvalue weighted by Gasteiger charge is 2.13. The molecule has 0 unspecified atom stereocenters. The Morgan fingerprint density at radius 1 is 1.16 bits per heavy atom. The van der Waals surface area contributed by atoms with Crippen molar-refractivity contribution in [1.29, 1.82) is 0 Å². The minimum absolute atomic E-state index is 0.205. The monoisotopic (exact) mass is 425 g/mol. The first-order valence-electron chi connectivity index (χ1n) is 10.4. The van der Waals surface area contributed by atoms with Gasteiger partial charge in [0.1, 0.15) is 12.4 Å². The number of hydrogen-bond donors (Lipinski definition) is 0. The highest BCUT2D eigenvalue weighted by molar-refractivity contribution is 5.92. The van der Waals surface area contributed by atoms with Gasteiger partial charge in [-0.15, -0.1) is 0 Å². The number of hydrogen-bond acceptors (Lipinski definition) is 3. The van der Waals surface area contributed by atoms with Gasteiger partial charge in [0.15, 0.2) is 0 Å². The fourth-order valence-corrected chi connectivity index (χ4v) is 3.53. The van der Waals surface area contributed by atoms with Gasteiger partial charge in [0.25, 0.3) is 0 Å². The largest absolute Gasteiger partial charge is 0.489 e. The Hall–Kier alpha value is -3.08. The quantitative estimate of drug-likeness (QED) is 0.386. The zero-order valence-electron chi connectivity index (χ0n) is 19.1. The molecule has 2 aromatic carbocycles. The maximum atomic E-state index is 11.9. The van der Waals surface area contributed by atoms with Gasteiger partial charge >= 0.3 is 5.97 Å². The molecular weight excluding hydrogens is 393 g/mol. The molecule has 0 radical (unpaired) electrons. The fourth-order valence-electron chi connectivity index (χ4n) is 3.53. The van der Waals surface area contributed by atoms with Crippen molar-refractivity contribution < 1.29 is 18.7 Å². The molecule has 0 amide bonds. The van der Waals surface area contributed by atoms with Crippen molar-refractivity contribution in [2.75, 3.05) is 13.8 Å². The number of allylic oxidation sites excluding steroid dienone is 1. The number of aromatic nitrogens is 1. The van der Waals surface area contributed by atoms with Crippen molar-refractivity contribution in [2.45, 2.75) is 46.8 Å². The molecule has 0 atom stereocenters. The summed E-state index contributed by atoms with van der Waals surface area (Å²) in [5.41, 5.74) is 5.25. The molecule has 3 rings (SSSR count). The van der Waals surface area contributed by atoms with Crippen LogP contribution in [-0.4, -0.2) is 24.3 Å². The summed E-state index contributed by atoms with van der Waals surface area (Å²) in [4.78, 5) is 11.9. The Morgan fingerprint density at radius 2 is 1.87 bits per heavy atom. The van der Waals surface area contributed by atoms with Crippen LogP contribution < -0.4 is 4.74 Å². The Labute approximate surface area is 184 Å². The molecule has 0 aliphatic rings. The summed E-state index contributed by atoms with van der Waals surface area (Å²) in [5, 5.41) is 1.21. The Kier molecular flexibility index (Phi) is 8.86. The van der Waals surface area contributed by atoms with Crippen LogP contribution in [0.5, 0.6) is 5.75 Å². The van der Waals surface area contributed by atoms with Crippen LogP contribution in [-0.2, 0) is 22.6 Å².